The fourth-order valence-electron chi connectivity index (χ4n) is 5.87. The molecule has 4 heteroatoms. The topological polar surface area (TPSA) is 45.3 Å². The summed E-state index contributed by atoms with van der Waals surface area (Å²) >= 11 is 0. The fourth-order valence-corrected chi connectivity index (χ4v) is 5.87. The quantitative estimate of drug-likeness (QED) is 0.196. The summed E-state index contributed by atoms with van der Waals surface area (Å²) in [6.45, 7) is 4.34. The number of hydrogen-bond donors (Lipinski definition) is 1. The lowest BCUT2D eigenvalue weighted by molar-refractivity contribution is 0.0602. The number of carbonyl (C=O) groups excluding carboxylic acids is 1. The lowest BCUT2D eigenvalue weighted by Gasteiger charge is -2.14. The predicted octanol–water partition coefficient (Wildman–Crippen LogP) is 9.76. The van der Waals surface area contributed by atoms with Gasteiger partial charge < -0.3 is 14.6 Å². The van der Waals surface area contributed by atoms with Crippen molar-refractivity contribution in [2.45, 2.75) is 19.8 Å². The molecule has 4 nitrogen and oxygen atoms in total. The van der Waals surface area contributed by atoms with Gasteiger partial charge in [-0.1, -0.05) is 111 Å². The van der Waals surface area contributed by atoms with Crippen LogP contribution < -0.4 is 4.90 Å². The number of nitrogens with zero attached hydrogens (tertiary/aromatic N) is 1. The van der Waals surface area contributed by atoms with Gasteiger partial charge in [-0.15, -0.1) is 0 Å². The van der Waals surface area contributed by atoms with E-state index in [2.05, 4.69) is 135 Å². The molecule has 4 aromatic rings. The molecule has 2 aliphatic rings. The predicted molar refractivity (Wildman–Crippen MR) is 179 cm³/mol. The van der Waals surface area contributed by atoms with E-state index in [1.807, 2.05) is 18.2 Å². The third-order valence-corrected chi connectivity index (χ3v) is 8.16. The van der Waals surface area contributed by atoms with Crippen LogP contribution in [0, 0.1) is 0 Å². The van der Waals surface area contributed by atoms with Crippen molar-refractivity contribution < 1.29 is 9.53 Å². The molecule has 0 bridgehead atoms. The fraction of sp³-hybridized carbons (Fsp3) is 0.154. The van der Waals surface area contributed by atoms with Gasteiger partial charge in [0, 0.05) is 36.5 Å². The normalized spacial score (nSPS) is 11.2. The third kappa shape index (κ3) is 5.21. The second-order valence-corrected chi connectivity index (χ2v) is 11.4. The number of benzene rings is 3. The van der Waals surface area contributed by atoms with Crippen molar-refractivity contribution in [1.29, 1.82) is 0 Å². The van der Waals surface area contributed by atoms with Crippen molar-refractivity contribution in [1.82, 2.24) is 4.98 Å². The molecule has 0 amide bonds. The standard InChI is InChI=1S/C39H36N2O2/c1-25(2)29-17-12-18-31-32(23-29)34(39(42)43-5)24-33(31)38-36(27-19-21-30(22-20-27)41(3)4)35(26-13-8-6-9-14-26)37(40-38)28-15-10-7-11-16-28/h6-25,40H,1-5H3. The molecule has 3 aromatic carbocycles. The summed E-state index contributed by atoms with van der Waals surface area (Å²) in [7, 11) is 5.55. The number of rotatable bonds is 7. The number of H-pyrrole nitrogens is 1. The molecule has 0 saturated heterocycles. The summed E-state index contributed by atoms with van der Waals surface area (Å²) in [5.41, 5.74) is 13.2. The molecule has 0 saturated carbocycles. The zero-order valence-electron chi connectivity index (χ0n) is 25.3. The van der Waals surface area contributed by atoms with Gasteiger partial charge in [0.05, 0.1) is 24.1 Å². The van der Waals surface area contributed by atoms with E-state index >= 15 is 0 Å². The van der Waals surface area contributed by atoms with Gasteiger partial charge in [-0.05, 0) is 57.5 Å². The Labute approximate surface area is 253 Å². The molecule has 0 aliphatic heterocycles. The van der Waals surface area contributed by atoms with Crippen molar-refractivity contribution in [3.05, 3.63) is 126 Å². The van der Waals surface area contributed by atoms with Gasteiger partial charge in [0.15, 0.2) is 0 Å². The monoisotopic (exact) mass is 564 g/mol. The second-order valence-electron chi connectivity index (χ2n) is 11.4. The Morgan fingerprint density at radius 3 is 1.86 bits per heavy atom. The number of ether oxygens (including phenoxy) is 1. The van der Waals surface area contributed by atoms with E-state index in [0.29, 0.717) is 11.5 Å². The highest BCUT2D eigenvalue weighted by Gasteiger charge is 2.28. The molecule has 0 radical (unpaired) electrons. The van der Waals surface area contributed by atoms with Crippen LogP contribution in [0.15, 0.2) is 115 Å². The lowest BCUT2D eigenvalue weighted by Crippen LogP contribution is -2.07. The average molecular weight is 565 g/mol. The van der Waals surface area contributed by atoms with Crippen molar-refractivity contribution >= 4 is 11.7 Å². The number of fused-ring (bicyclic) bond motifs is 1. The van der Waals surface area contributed by atoms with Gasteiger partial charge in [0.2, 0.25) is 0 Å². The van der Waals surface area contributed by atoms with E-state index in [-0.39, 0.29) is 5.97 Å². The summed E-state index contributed by atoms with van der Waals surface area (Å²) in [6, 6.07) is 40.1. The first-order valence-corrected chi connectivity index (χ1v) is 14.7. The van der Waals surface area contributed by atoms with Gasteiger partial charge >= 0.3 is 5.97 Å². The van der Waals surface area contributed by atoms with E-state index in [9.17, 15) is 4.79 Å². The molecule has 1 heterocycles. The van der Waals surface area contributed by atoms with Crippen molar-refractivity contribution in [2.24, 2.45) is 0 Å². The number of carbonyl (C=O) groups is 1. The molecular formula is C39H36N2O2. The van der Waals surface area contributed by atoms with Crippen LogP contribution >= 0.6 is 0 Å². The van der Waals surface area contributed by atoms with Crippen LogP contribution in [0.5, 0.6) is 0 Å². The lowest BCUT2D eigenvalue weighted by atomic mass is 9.91. The average Bonchev–Trinajstić information content (AvgIpc) is 3.51. The van der Waals surface area contributed by atoms with E-state index < -0.39 is 0 Å². The smallest absolute Gasteiger partial charge is 0.338 e. The minimum atomic E-state index is -0.341. The maximum atomic E-state index is 13.2. The molecule has 0 fully saturated rings. The first kappa shape index (κ1) is 28.0. The summed E-state index contributed by atoms with van der Waals surface area (Å²) < 4.78 is 5.29. The molecule has 214 valence electrons. The summed E-state index contributed by atoms with van der Waals surface area (Å²) in [4.78, 5) is 19.2. The van der Waals surface area contributed by atoms with Crippen LogP contribution in [0.1, 0.15) is 35.7 Å². The maximum Gasteiger partial charge on any atom is 0.338 e. The molecule has 43 heavy (non-hydrogen) atoms. The zero-order valence-corrected chi connectivity index (χ0v) is 25.3. The summed E-state index contributed by atoms with van der Waals surface area (Å²) in [5, 5.41) is 0. The first-order chi connectivity index (χ1) is 20.9. The van der Waals surface area contributed by atoms with Gasteiger partial charge in [-0.25, -0.2) is 4.79 Å². The Morgan fingerprint density at radius 1 is 0.651 bits per heavy atom. The second kappa shape index (κ2) is 11.7. The van der Waals surface area contributed by atoms with Crippen LogP contribution in [0.4, 0.5) is 5.69 Å². The van der Waals surface area contributed by atoms with Crippen LogP contribution in [0.25, 0.3) is 55.9 Å². The van der Waals surface area contributed by atoms with Gasteiger partial charge in [-0.3, -0.25) is 0 Å². The van der Waals surface area contributed by atoms with E-state index in [4.69, 9.17) is 4.74 Å². The highest BCUT2D eigenvalue weighted by Crippen LogP contribution is 2.50. The van der Waals surface area contributed by atoms with Crippen LogP contribution in [-0.4, -0.2) is 32.2 Å². The molecule has 0 spiro atoms. The van der Waals surface area contributed by atoms with E-state index in [1.165, 1.54) is 12.7 Å². The Kier molecular flexibility index (Phi) is 7.60. The Morgan fingerprint density at radius 2 is 1.26 bits per heavy atom. The molecule has 1 N–H and O–H groups in total. The molecular weight excluding hydrogens is 528 g/mol. The summed E-state index contributed by atoms with van der Waals surface area (Å²) in [6.07, 6.45) is 0. The highest BCUT2D eigenvalue weighted by atomic mass is 16.5. The van der Waals surface area contributed by atoms with Crippen molar-refractivity contribution in [3.8, 4) is 55.9 Å². The van der Waals surface area contributed by atoms with E-state index in [0.717, 1.165) is 61.6 Å². The highest BCUT2D eigenvalue weighted by molar-refractivity contribution is 6.09. The van der Waals surface area contributed by atoms with Gasteiger partial charge in [0.1, 0.15) is 0 Å². The number of methoxy groups -OCH3 is 1. The number of esters is 1. The van der Waals surface area contributed by atoms with Crippen LogP contribution in [-0.2, 0) is 4.74 Å². The number of aromatic amines is 1. The maximum absolute atomic E-state index is 13.2. The van der Waals surface area contributed by atoms with Crippen molar-refractivity contribution in [2.75, 3.05) is 26.1 Å². The van der Waals surface area contributed by atoms with E-state index in [1.54, 1.807) is 0 Å². The molecule has 0 atom stereocenters. The Hall–Kier alpha value is -5.09. The number of anilines is 1. The number of aromatic nitrogens is 1. The third-order valence-electron chi connectivity index (χ3n) is 8.16. The van der Waals surface area contributed by atoms with Crippen LogP contribution in [0.3, 0.4) is 0 Å². The minimum Gasteiger partial charge on any atom is -0.465 e. The number of nitrogens with one attached hydrogen (secondary N) is 1. The number of hydrogen-bond acceptors (Lipinski definition) is 3. The molecule has 1 aromatic heterocycles. The SMILES string of the molecule is COC(=O)c1cc(-c2[nH]c(-c3ccccc3)c(-c3ccccc3)c2-c2ccc(N(C)C)cc2)c2cccc(C(C)C)cc1-2. The Balaban J connectivity index is 1.72. The molecule has 0 unspecified atom stereocenters. The van der Waals surface area contributed by atoms with Gasteiger partial charge in [-0.2, -0.15) is 0 Å². The zero-order chi connectivity index (χ0) is 30.1. The van der Waals surface area contributed by atoms with Gasteiger partial charge in [0.25, 0.3) is 0 Å². The first-order valence-electron chi connectivity index (χ1n) is 14.7. The molecule has 2 aliphatic carbocycles. The largest absolute Gasteiger partial charge is 0.465 e. The van der Waals surface area contributed by atoms with Crippen molar-refractivity contribution in [3.63, 3.8) is 0 Å². The Bertz CT molecular complexity index is 1850. The minimum absolute atomic E-state index is 0.310. The molecule has 6 rings (SSSR count). The summed E-state index contributed by atoms with van der Waals surface area (Å²) in [5.74, 6) is -0.0303. The van der Waals surface area contributed by atoms with Crippen LogP contribution in [0.2, 0.25) is 0 Å².